The number of nitrogens with zero attached hydrogens (tertiary/aromatic N) is 2. The van der Waals surface area contributed by atoms with E-state index in [-0.39, 0.29) is 11.3 Å². The summed E-state index contributed by atoms with van der Waals surface area (Å²) in [7, 11) is 6.95. The van der Waals surface area contributed by atoms with Gasteiger partial charge < -0.3 is 29.1 Å². The predicted octanol–water partition coefficient (Wildman–Crippen LogP) is 4.42. The van der Waals surface area contributed by atoms with Crippen molar-refractivity contribution >= 4 is 17.4 Å². The molecule has 2 aromatic rings. The molecule has 0 saturated carbocycles. The van der Waals surface area contributed by atoms with E-state index in [0.717, 1.165) is 12.1 Å². The lowest BCUT2D eigenvalue weighted by molar-refractivity contribution is -0.140. The van der Waals surface area contributed by atoms with Gasteiger partial charge in [-0.1, -0.05) is 26.0 Å². The van der Waals surface area contributed by atoms with Crippen molar-refractivity contribution < 1.29 is 28.9 Å². The van der Waals surface area contributed by atoms with E-state index in [0.29, 0.717) is 53.9 Å². The molecule has 0 unspecified atom stereocenters. The van der Waals surface area contributed by atoms with Crippen molar-refractivity contribution in [3.63, 3.8) is 0 Å². The summed E-state index contributed by atoms with van der Waals surface area (Å²) >= 11 is 0. The maximum Gasteiger partial charge on any atom is 0.295 e. The van der Waals surface area contributed by atoms with Crippen LogP contribution in [-0.4, -0.2) is 74.6 Å². The number of hydrogen-bond acceptors (Lipinski definition) is 7. The Morgan fingerprint density at radius 2 is 1.81 bits per heavy atom. The van der Waals surface area contributed by atoms with Crippen molar-refractivity contribution in [3.8, 4) is 17.2 Å². The number of methoxy groups -OCH3 is 2. The van der Waals surface area contributed by atoms with E-state index >= 15 is 0 Å². The molecular formula is C29H38N2O6. The maximum absolute atomic E-state index is 13.4. The Bertz CT molecular complexity index is 1170. The molecule has 2 aromatic carbocycles. The first kappa shape index (κ1) is 28.1. The van der Waals surface area contributed by atoms with E-state index in [4.69, 9.17) is 14.2 Å². The van der Waals surface area contributed by atoms with Crippen LogP contribution in [0.25, 0.3) is 5.76 Å². The first-order valence-electron chi connectivity index (χ1n) is 12.5. The van der Waals surface area contributed by atoms with Crippen LogP contribution in [0.1, 0.15) is 43.0 Å². The first-order valence-corrected chi connectivity index (χ1v) is 12.5. The van der Waals surface area contributed by atoms with Crippen LogP contribution in [0.15, 0.2) is 42.0 Å². The van der Waals surface area contributed by atoms with Gasteiger partial charge in [-0.2, -0.15) is 0 Å². The summed E-state index contributed by atoms with van der Waals surface area (Å²) in [6.45, 7) is 7.67. The molecule has 8 heteroatoms. The normalized spacial score (nSPS) is 17.1. The van der Waals surface area contributed by atoms with Crippen LogP contribution in [0.4, 0.5) is 0 Å². The lowest BCUT2D eigenvalue weighted by Gasteiger charge is -2.27. The standard InChI is InChI=1S/C29H38N2O6/c1-18(2)17-37-22-13-12-20(16-19(22)3)26(32)24-25(21-10-8-11-23(35-6)28(21)36-7)31(29(34)27(24)33)15-9-14-30(4)5/h8,10-13,16,18,25,32H,9,14-15,17H2,1-7H3/b26-24+/t25-/m1/s1. The van der Waals surface area contributed by atoms with Gasteiger partial charge in [-0.15, -0.1) is 0 Å². The van der Waals surface area contributed by atoms with Crippen LogP contribution in [0.2, 0.25) is 0 Å². The summed E-state index contributed by atoms with van der Waals surface area (Å²) in [5.74, 6) is 0.352. The highest BCUT2D eigenvalue weighted by Crippen LogP contribution is 2.45. The number of amides is 1. The van der Waals surface area contributed by atoms with Gasteiger partial charge in [0.2, 0.25) is 0 Å². The Morgan fingerprint density at radius 1 is 1.08 bits per heavy atom. The van der Waals surface area contributed by atoms with Crippen LogP contribution in [-0.2, 0) is 9.59 Å². The van der Waals surface area contributed by atoms with Gasteiger partial charge in [-0.25, -0.2) is 0 Å². The number of carbonyl (C=O) groups is 2. The SMILES string of the molecule is COc1cccc([C@@H]2/C(=C(\O)c3ccc(OCC(C)C)c(C)c3)C(=O)C(=O)N2CCCN(C)C)c1OC. The topological polar surface area (TPSA) is 88.5 Å². The van der Waals surface area contributed by atoms with E-state index in [2.05, 4.69) is 13.8 Å². The zero-order valence-electron chi connectivity index (χ0n) is 22.8. The first-order chi connectivity index (χ1) is 17.6. The Kier molecular flexibility index (Phi) is 9.21. The van der Waals surface area contributed by atoms with Crippen molar-refractivity contribution in [1.82, 2.24) is 9.80 Å². The molecule has 1 heterocycles. The van der Waals surface area contributed by atoms with Crippen molar-refractivity contribution in [2.75, 3.05) is 48.0 Å². The number of aryl methyl sites for hydroxylation is 1. The fraction of sp³-hybridized carbons (Fsp3) is 0.448. The molecule has 0 radical (unpaired) electrons. The third-order valence-electron chi connectivity index (χ3n) is 6.29. The molecule has 3 rings (SSSR count). The minimum absolute atomic E-state index is 0.0247. The summed E-state index contributed by atoms with van der Waals surface area (Å²) in [4.78, 5) is 30.2. The Labute approximate surface area is 219 Å². The number of aliphatic hydroxyl groups is 1. The zero-order valence-corrected chi connectivity index (χ0v) is 22.8. The highest BCUT2D eigenvalue weighted by molar-refractivity contribution is 6.46. The third kappa shape index (κ3) is 6.07. The second-order valence-corrected chi connectivity index (χ2v) is 9.92. The molecule has 37 heavy (non-hydrogen) atoms. The average molecular weight is 511 g/mol. The molecule has 1 saturated heterocycles. The molecule has 1 aliphatic rings. The minimum Gasteiger partial charge on any atom is -0.507 e. The fourth-order valence-corrected chi connectivity index (χ4v) is 4.49. The van der Waals surface area contributed by atoms with Gasteiger partial charge >= 0.3 is 0 Å². The molecule has 0 aromatic heterocycles. The molecular weight excluding hydrogens is 472 g/mol. The van der Waals surface area contributed by atoms with Crippen molar-refractivity contribution in [2.45, 2.75) is 33.2 Å². The summed E-state index contributed by atoms with van der Waals surface area (Å²) < 4.78 is 17.0. The summed E-state index contributed by atoms with van der Waals surface area (Å²) in [5, 5.41) is 11.5. The quantitative estimate of drug-likeness (QED) is 0.272. The van der Waals surface area contributed by atoms with Gasteiger partial charge in [-0.3, -0.25) is 9.59 Å². The van der Waals surface area contributed by atoms with Gasteiger partial charge in [0.1, 0.15) is 11.5 Å². The van der Waals surface area contributed by atoms with Crippen LogP contribution < -0.4 is 14.2 Å². The smallest absolute Gasteiger partial charge is 0.295 e. The maximum atomic E-state index is 13.4. The number of likely N-dealkylation sites (tertiary alicyclic amines) is 1. The van der Waals surface area contributed by atoms with E-state index in [1.807, 2.05) is 25.9 Å². The number of benzene rings is 2. The number of Topliss-reactive ketones (excluding diaryl/α,β-unsaturated/α-hetero) is 1. The van der Waals surface area contributed by atoms with E-state index in [1.165, 1.54) is 19.1 Å². The van der Waals surface area contributed by atoms with Crippen LogP contribution in [0.3, 0.4) is 0 Å². The van der Waals surface area contributed by atoms with Gasteiger partial charge in [-0.05, 0) is 69.7 Å². The number of carbonyl (C=O) groups excluding carboxylic acids is 2. The molecule has 0 bridgehead atoms. The van der Waals surface area contributed by atoms with E-state index in [1.54, 1.807) is 36.4 Å². The third-order valence-corrected chi connectivity index (χ3v) is 6.29. The van der Waals surface area contributed by atoms with Crippen LogP contribution in [0, 0.1) is 12.8 Å². The Hall–Kier alpha value is -3.52. The fourth-order valence-electron chi connectivity index (χ4n) is 4.49. The lowest BCUT2D eigenvalue weighted by Crippen LogP contribution is -2.32. The molecule has 200 valence electrons. The van der Waals surface area contributed by atoms with Crippen molar-refractivity contribution in [2.24, 2.45) is 5.92 Å². The zero-order chi connectivity index (χ0) is 27.3. The van der Waals surface area contributed by atoms with Crippen LogP contribution >= 0.6 is 0 Å². The highest BCUT2D eigenvalue weighted by atomic mass is 16.5. The van der Waals surface area contributed by atoms with E-state index < -0.39 is 17.7 Å². The summed E-state index contributed by atoms with van der Waals surface area (Å²) in [6, 6.07) is 9.74. The number of ether oxygens (including phenoxy) is 3. The number of ketones is 1. The minimum atomic E-state index is -0.829. The average Bonchev–Trinajstić information content (AvgIpc) is 3.11. The van der Waals surface area contributed by atoms with Gasteiger partial charge in [0.05, 0.1) is 32.4 Å². The number of hydrogen-bond donors (Lipinski definition) is 1. The van der Waals surface area contributed by atoms with Crippen molar-refractivity contribution in [3.05, 3.63) is 58.7 Å². The largest absolute Gasteiger partial charge is 0.507 e. The summed E-state index contributed by atoms with van der Waals surface area (Å²) in [6.07, 6.45) is 0.657. The number of aliphatic hydroxyl groups excluding tert-OH is 1. The highest BCUT2D eigenvalue weighted by Gasteiger charge is 2.47. The lowest BCUT2D eigenvalue weighted by atomic mass is 9.93. The van der Waals surface area contributed by atoms with Crippen LogP contribution in [0.5, 0.6) is 17.2 Å². The molecule has 1 fully saturated rings. The number of para-hydroxylation sites is 1. The van der Waals surface area contributed by atoms with Crippen molar-refractivity contribution in [1.29, 1.82) is 0 Å². The summed E-state index contributed by atoms with van der Waals surface area (Å²) in [5.41, 5.74) is 1.85. The molecule has 0 spiro atoms. The Morgan fingerprint density at radius 3 is 2.41 bits per heavy atom. The molecule has 1 atom stereocenters. The molecule has 1 N–H and O–H groups in total. The molecule has 1 aliphatic heterocycles. The van der Waals surface area contributed by atoms with E-state index in [9.17, 15) is 14.7 Å². The van der Waals surface area contributed by atoms with Gasteiger partial charge in [0, 0.05) is 17.7 Å². The van der Waals surface area contributed by atoms with Gasteiger partial charge in [0.25, 0.3) is 11.7 Å². The molecule has 0 aliphatic carbocycles. The number of rotatable bonds is 11. The molecule has 1 amide bonds. The second-order valence-electron chi connectivity index (χ2n) is 9.92. The Balaban J connectivity index is 2.14. The van der Waals surface area contributed by atoms with Gasteiger partial charge in [0.15, 0.2) is 11.5 Å². The second kappa shape index (κ2) is 12.1. The monoisotopic (exact) mass is 510 g/mol. The molecule has 8 nitrogen and oxygen atoms in total. The predicted molar refractivity (Wildman–Crippen MR) is 143 cm³/mol.